The Morgan fingerprint density at radius 2 is 1.85 bits per heavy atom. The van der Waals surface area contributed by atoms with Gasteiger partial charge < -0.3 is 24.8 Å². The standard InChI is InChI=1S/C31H35N7O2/c1-5-24(25(6-2)36-30(39)23-13-16-38(19-23)31(20-32)14-15-31)33-28-11-7-9-26(34-28)27-10-8-12-29(35-27)37-17-21(3)40-22(4)18-37/h7-13,16,19,21-22,25H,1,6,14-15,17-18H2,2-4H3,(H,33,34)(H,36,39)/t21-,22+,25-/m0/s1. The first-order valence-electron chi connectivity index (χ1n) is 13.8. The second-order valence-electron chi connectivity index (χ2n) is 10.6. The number of pyridine rings is 2. The third-order valence-electron chi connectivity index (χ3n) is 7.39. The fraction of sp³-hybridized carbons (Fsp3) is 0.387. The third kappa shape index (κ3) is 5.79. The Hall–Kier alpha value is -4.38. The van der Waals surface area contributed by atoms with Crippen LogP contribution in [0.4, 0.5) is 11.6 Å². The molecule has 0 unspecified atom stereocenters. The van der Waals surface area contributed by atoms with Crippen LogP contribution < -0.4 is 15.5 Å². The Balaban J connectivity index is 1.29. The molecule has 0 radical (unpaired) electrons. The maximum absolute atomic E-state index is 13.0. The van der Waals surface area contributed by atoms with Crippen LogP contribution in [-0.2, 0) is 10.3 Å². The zero-order valence-corrected chi connectivity index (χ0v) is 23.2. The lowest BCUT2D eigenvalue weighted by Gasteiger charge is -2.36. The molecule has 0 aromatic carbocycles. The summed E-state index contributed by atoms with van der Waals surface area (Å²) in [6.07, 6.45) is 6.06. The molecule has 0 bridgehead atoms. The van der Waals surface area contributed by atoms with Crippen LogP contribution in [0.5, 0.6) is 0 Å². The normalized spacial score (nSPS) is 20.1. The minimum atomic E-state index is -0.499. The number of hydrogen-bond donors (Lipinski definition) is 2. The van der Waals surface area contributed by atoms with E-state index in [1.54, 1.807) is 18.5 Å². The SMILES string of the molecule is C=C=C(Nc1cccc(-c2cccc(N3C[C@@H](C)O[C@@H](C)C3)n2)n1)[C@H](CC)NC(=O)c1ccn(C2(C#N)CC2)c1. The molecule has 2 aliphatic rings. The van der Waals surface area contributed by atoms with Gasteiger partial charge in [0.1, 0.15) is 17.2 Å². The van der Waals surface area contributed by atoms with Gasteiger partial charge in [0.25, 0.3) is 5.91 Å². The maximum atomic E-state index is 13.0. The highest BCUT2D eigenvalue weighted by molar-refractivity contribution is 5.94. The van der Waals surface area contributed by atoms with E-state index in [9.17, 15) is 10.1 Å². The number of morpholine rings is 1. The van der Waals surface area contributed by atoms with Crippen LogP contribution in [-0.4, -0.2) is 51.8 Å². The van der Waals surface area contributed by atoms with E-state index in [0.29, 0.717) is 23.5 Å². The van der Waals surface area contributed by atoms with Crippen LogP contribution in [0.25, 0.3) is 11.4 Å². The quantitative estimate of drug-likeness (QED) is 0.375. The van der Waals surface area contributed by atoms with Crippen LogP contribution in [0.1, 0.15) is 50.4 Å². The maximum Gasteiger partial charge on any atom is 0.253 e. The third-order valence-corrected chi connectivity index (χ3v) is 7.39. The van der Waals surface area contributed by atoms with Crippen molar-refractivity contribution in [3.8, 4) is 17.5 Å². The Kier molecular flexibility index (Phi) is 7.74. The Labute approximate surface area is 235 Å². The molecule has 9 heteroatoms. The molecule has 1 saturated carbocycles. The minimum Gasteiger partial charge on any atom is -0.372 e. The highest BCUT2D eigenvalue weighted by Gasteiger charge is 2.45. The average molecular weight is 538 g/mol. The topological polar surface area (TPSA) is 108 Å². The van der Waals surface area contributed by atoms with E-state index < -0.39 is 5.54 Å². The molecular weight excluding hydrogens is 502 g/mol. The van der Waals surface area contributed by atoms with Crippen molar-refractivity contribution in [3.05, 3.63) is 78.4 Å². The molecule has 9 nitrogen and oxygen atoms in total. The number of nitriles is 1. The summed E-state index contributed by atoms with van der Waals surface area (Å²) in [6, 6.07) is 15.4. The van der Waals surface area contributed by atoms with E-state index in [0.717, 1.165) is 43.1 Å². The molecule has 4 heterocycles. The first-order valence-corrected chi connectivity index (χ1v) is 13.8. The zero-order chi connectivity index (χ0) is 28.3. The zero-order valence-electron chi connectivity index (χ0n) is 23.2. The smallest absolute Gasteiger partial charge is 0.253 e. The minimum absolute atomic E-state index is 0.142. The van der Waals surface area contributed by atoms with Crippen LogP contribution in [0.2, 0.25) is 0 Å². The number of nitrogens with zero attached hydrogens (tertiary/aromatic N) is 5. The number of anilines is 2. The molecule has 5 rings (SSSR count). The van der Waals surface area contributed by atoms with Gasteiger partial charge in [-0.1, -0.05) is 25.6 Å². The van der Waals surface area contributed by atoms with Crippen molar-refractivity contribution >= 4 is 17.5 Å². The lowest BCUT2D eigenvalue weighted by atomic mass is 10.1. The summed E-state index contributed by atoms with van der Waals surface area (Å²) in [7, 11) is 0. The number of rotatable bonds is 9. The first kappa shape index (κ1) is 27.2. The Bertz CT molecular complexity index is 1470. The van der Waals surface area contributed by atoms with Gasteiger partial charge in [-0.25, -0.2) is 9.97 Å². The molecule has 2 N–H and O–H groups in total. The van der Waals surface area contributed by atoms with Crippen LogP contribution in [0.15, 0.2) is 72.9 Å². The van der Waals surface area contributed by atoms with E-state index in [1.807, 2.05) is 47.9 Å². The van der Waals surface area contributed by atoms with E-state index >= 15 is 0 Å². The monoisotopic (exact) mass is 537 g/mol. The van der Waals surface area contributed by atoms with Crippen molar-refractivity contribution in [2.24, 2.45) is 0 Å². The van der Waals surface area contributed by atoms with Crippen molar-refractivity contribution in [1.82, 2.24) is 19.9 Å². The summed E-state index contributed by atoms with van der Waals surface area (Å²) in [5.74, 6) is 1.28. The molecule has 206 valence electrons. The number of nitrogens with one attached hydrogen (secondary N) is 2. The largest absolute Gasteiger partial charge is 0.372 e. The predicted molar refractivity (Wildman–Crippen MR) is 155 cm³/mol. The lowest BCUT2D eigenvalue weighted by Crippen LogP contribution is -2.45. The molecule has 0 spiro atoms. The molecule has 40 heavy (non-hydrogen) atoms. The number of carbonyl (C=O) groups is 1. The number of amides is 1. The van der Waals surface area contributed by atoms with Crippen molar-refractivity contribution in [2.45, 2.75) is 63.8 Å². The van der Waals surface area contributed by atoms with E-state index in [-0.39, 0.29) is 24.2 Å². The molecule has 3 aromatic heterocycles. The summed E-state index contributed by atoms with van der Waals surface area (Å²) >= 11 is 0. The fourth-order valence-corrected chi connectivity index (χ4v) is 5.11. The second-order valence-corrected chi connectivity index (χ2v) is 10.6. The molecule has 3 aromatic rings. The van der Waals surface area contributed by atoms with Crippen molar-refractivity contribution in [2.75, 3.05) is 23.3 Å². The number of carbonyl (C=O) groups excluding carboxylic acids is 1. The van der Waals surface area contributed by atoms with Gasteiger partial charge in [-0.15, -0.1) is 5.73 Å². The second kappa shape index (κ2) is 11.4. The molecule has 1 aliphatic carbocycles. The predicted octanol–water partition coefficient (Wildman–Crippen LogP) is 4.86. The van der Waals surface area contributed by atoms with Gasteiger partial charge in [0.2, 0.25) is 0 Å². The summed E-state index contributed by atoms with van der Waals surface area (Å²) in [5.41, 5.74) is 5.08. The van der Waals surface area contributed by atoms with Gasteiger partial charge in [0.15, 0.2) is 0 Å². The van der Waals surface area contributed by atoms with Crippen molar-refractivity contribution in [1.29, 1.82) is 5.26 Å². The fourth-order valence-electron chi connectivity index (χ4n) is 5.11. The molecule has 3 atom stereocenters. The van der Waals surface area contributed by atoms with Crippen molar-refractivity contribution in [3.63, 3.8) is 0 Å². The lowest BCUT2D eigenvalue weighted by molar-refractivity contribution is -0.00545. The summed E-state index contributed by atoms with van der Waals surface area (Å²) in [5, 5.41) is 15.8. The summed E-state index contributed by atoms with van der Waals surface area (Å²) in [4.78, 5) is 25.0. The highest BCUT2D eigenvalue weighted by atomic mass is 16.5. The van der Waals surface area contributed by atoms with E-state index in [4.69, 9.17) is 14.7 Å². The van der Waals surface area contributed by atoms with Crippen LogP contribution >= 0.6 is 0 Å². The Morgan fingerprint density at radius 1 is 1.15 bits per heavy atom. The van der Waals surface area contributed by atoms with Crippen LogP contribution in [0, 0.1) is 11.3 Å². The van der Waals surface area contributed by atoms with E-state index in [1.165, 1.54) is 0 Å². The highest BCUT2D eigenvalue weighted by Crippen LogP contribution is 2.42. The average Bonchev–Trinajstić information content (AvgIpc) is 3.61. The first-order chi connectivity index (χ1) is 19.3. The van der Waals surface area contributed by atoms with Gasteiger partial charge in [0.05, 0.1) is 47.0 Å². The van der Waals surface area contributed by atoms with Gasteiger partial charge in [-0.3, -0.25) is 4.79 Å². The number of aromatic nitrogens is 3. The van der Waals surface area contributed by atoms with Gasteiger partial charge >= 0.3 is 0 Å². The molecule has 1 amide bonds. The molecule has 1 aliphatic heterocycles. The summed E-state index contributed by atoms with van der Waals surface area (Å²) < 4.78 is 7.71. The number of hydrogen-bond acceptors (Lipinski definition) is 7. The van der Waals surface area contributed by atoms with Gasteiger partial charge in [-0.2, -0.15) is 5.26 Å². The number of ether oxygens (including phenoxy) is 1. The van der Waals surface area contributed by atoms with Gasteiger partial charge in [-0.05, 0) is 63.4 Å². The summed E-state index contributed by atoms with van der Waals surface area (Å²) in [6.45, 7) is 11.6. The molecular formula is C31H35N7O2. The Morgan fingerprint density at radius 3 is 2.50 bits per heavy atom. The van der Waals surface area contributed by atoms with E-state index in [2.05, 4.69) is 47.8 Å². The molecule has 1 saturated heterocycles. The molecule has 2 fully saturated rings. The van der Waals surface area contributed by atoms with Gasteiger partial charge in [0, 0.05) is 25.5 Å². The van der Waals surface area contributed by atoms with Crippen LogP contribution in [0.3, 0.4) is 0 Å². The van der Waals surface area contributed by atoms with Crippen molar-refractivity contribution < 1.29 is 9.53 Å².